The molecule has 11 heteroatoms. The summed E-state index contributed by atoms with van der Waals surface area (Å²) in [4.78, 5) is 17.5. The van der Waals surface area contributed by atoms with E-state index in [1.54, 1.807) is 0 Å². The van der Waals surface area contributed by atoms with Crippen molar-refractivity contribution < 1.29 is 27.4 Å². The number of halogens is 1. The lowest BCUT2D eigenvalue weighted by Crippen LogP contribution is -2.53. The Morgan fingerprint density at radius 3 is 2.34 bits per heavy atom. The maximum atomic E-state index is 13.9. The summed E-state index contributed by atoms with van der Waals surface area (Å²) in [6.07, 6.45) is 1.47. The van der Waals surface area contributed by atoms with Crippen LogP contribution >= 0.6 is 11.6 Å². The van der Waals surface area contributed by atoms with Gasteiger partial charge in [-0.2, -0.15) is 4.31 Å². The van der Waals surface area contributed by atoms with Crippen LogP contribution in [0, 0.1) is 5.41 Å². The number of hydrogen-bond acceptors (Lipinski definition) is 7. The average Bonchev–Trinajstić information content (AvgIpc) is 2.93. The molecule has 9 nitrogen and oxygen atoms in total. The van der Waals surface area contributed by atoms with Crippen LogP contribution in [-0.4, -0.2) is 95.6 Å². The molecule has 0 spiro atoms. The van der Waals surface area contributed by atoms with E-state index in [2.05, 4.69) is 4.90 Å². The topological polar surface area (TPSA) is 88.6 Å². The zero-order valence-corrected chi connectivity index (χ0v) is 23.8. The van der Waals surface area contributed by atoms with Crippen molar-refractivity contribution in [2.24, 2.45) is 5.41 Å². The van der Waals surface area contributed by atoms with Crippen molar-refractivity contribution in [3.8, 4) is 17.2 Å². The van der Waals surface area contributed by atoms with E-state index in [1.165, 1.54) is 30.7 Å². The quantitative estimate of drug-likeness (QED) is 0.460. The van der Waals surface area contributed by atoms with E-state index in [0.29, 0.717) is 44.0 Å². The summed E-state index contributed by atoms with van der Waals surface area (Å²) >= 11 is 6.31. The first-order valence-electron chi connectivity index (χ1n) is 12.7. The Hall–Kier alpha value is -2.53. The molecule has 2 saturated heterocycles. The van der Waals surface area contributed by atoms with E-state index in [-0.39, 0.29) is 41.1 Å². The van der Waals surface area contributed by atoms with Crippen LogP contribution in [0.2, 0.25) is 5.02 Å². The maximum Gasteiger partial charge on any atom is 0.246 e. The zero-order chi connectivity index (χ0) is 27.3. The van der Waals surface area contributed by atoms with Crippen LogP contribution in [0.4, 0.5) is 0 Å². The van der Waals surface area contributed by atoms with Crippen molar-refractivity contribution in [3.05, 3.63) is 47.5 Å². The number of piperazine rings is 1. The van der Waals surface area contributed by atoms with Gasteiger partial charge in [0.25, 0.3) is 0 Å². The third-order valence-electron chi connectivity index (χ3n) is 7.35. The Morgan fingerprint density at radius 2 is 1.68 bits per heavy atom. The summed E-state index contributed by atoms with van der Waals surface area (Å²) in [6, 6.07) is 12.2. The van der Waals surface area contributed by atoms with Gasteiger partial charge in [0.2, 0.25) is 15.9 Å². The van der Waals surface area contributed by atoms with Gasteiger partial charge in [-0.25, -0.2) is 8.42 Å². The molecule has 2 aliphatic heterocycles. The van der Waals surface area contributed by atoms with Crippen molar-refractivity contribution in [1.82, 2.24) is 14.1 Å². The summed E-state index contributed by atoms with van der Waals surface area (Å²) in [5.41, 5.74) is -0.689. The van der Waals surface area contributed by atoms with Gasteiger partial charge in [0, 0.05) is 57.2 Å². The van der Waals surface area contributed by atoms with Crippen molar-refractivity contribution in [2.75, 3.05) is 67.1 Å². The molecule has 4 rings (SSSR count). The fraction of sp³-hybridized carbons (Fsp3) is 0.519. The van der Waals surface area contributed by atoms with Crippen molar-refractivity contribution >= 4 is 27.5 Å². The number of likely N-dealkylation sites (N-methyl/N-ethyl adjacent to an activating group) is 1. The van der Waals surface area contributed by atoms with Crippen molar-refractivity contribution in [2.45, 2.75) is 24.2 Å². The molecule has 2 aromatic rings. The van der Waals surface area contributed by atoms with Crippen LogP contribution in [0.3, 0.4) is 0 Å². The highest BCUT2D eigenvalue weighted by atomic mass is 35.5. The molecule has 38 heavy (non-hydrogen) atoms. The SMILES string of the molecule is COc1cc(OC)c(S(=O)(=O)N2CCC[C@](COc3ccccc3)(CC(=O)N3CCN(C)CC3)C2)cc1Cl. The van der Waals surface area contributed by atoms with Crippen LogP contribution in [0.5, 0.6) is 17.2 Å². The lowest BCUT2D eigenvalue weighted by atomic mass is 9.78. The third-order valence-corrected chi connectivity index (χ3v) is 9.51. The molecule has 0 saturated carbocycles. The molecular formula is C27H36ClN3O6S. The highest BCUT2D eigenvalue weighted by molar-refractivity contribution is 7.89. The molecule has 0 N–H and O–H groups in total. The zero-order valence-electron chi connectivity index (χ0n) is 22.2. The molecule has 2 heterocycles. The minimum Gasteiger partial charge on any atom is -0.495 e. The molecule has 208 valence electrons. The molecule has 1 amide bonds. The normalized spacial score (nSPS) is 21.2. The first-order chi connectivity index (χ1) is 18.2. The fourth-order valence-corrected chi connectivity index (χ4v) is 7.16. The number of hydrogen-bond donors (Lipinski definition) is 0. The van der Waals surface area contributed by atoms with Crippen LogP contribution in [0.15, 0.2) is 47.4 Å². The minimum atomic E-state index is -3.99. The fourth-order valence-electron chi connectivity index (χ4n) is 5.10. The number of methoxy groups -OCH3 is 2. The third kappa shape index (κ3) is 6.36. The van der Waals surface area contributed by atoms with Gasteiger partial charge in [0.15, 0.2) is 0 Å². The highest BCUT2D eigenvalue weighted by Gasteiger charge is 2.44. The summed E-state index contributed by atoms with van der Waals surface area (Å²) in [5.74, 6) is 1.18. The van der Waals surface area contributed by atoms with Crippen LogP contribution in [-0.2, 0) is 14.8 Å². The molecule has 0 aliphatic carbocycles. The van der Waals surface area contributed by atoms with Gasteiger partial charge in [-0.05, 0) is 38.1 Å². The van der Waals surface area contributed by atoms with Gasteiger partial charge in [-0.3, -0.25) is 4.79 Å². The lowest BCUT2D eigenvalue weighted by Gasteiger charge is -2.43. The number of amides is 1. The first kappa shape index (κ1) is 28.5. The van der Waals surface area contributed by atoms with Gasteiger partial charge in [-0.1, -0.05) is 29.8 Å². The van der Waals surface area contributed by atoms with Crippen LogP contribution < -0.4 is 14.2 Å². The van der Waals surface area contributed by atoms with Gasteiger partial charge in [0.05, 0.1) is 25.8 Å². The van der Waals surface area contributed by atoms with E-state index < -0.39 is 15.4 Å². The Bertz CT molecular complexity index is 1220. The second-order valence-corrected chi connectivity index (χ2v) is 12.4. The molecular weight excluding hydrogens is 530 g/mol. The highest BCUT2D eigenvalue weighted by Crippen LogP contribution is 2.41. The second kappa shape index (κ2) is 12.1. The summed E-state index contributed by atoms with van der Waals surface area (Å²) in [6.45, 7) is 3.65. The number of carbonyl (C=O) groups is 1. The van der Waals surface area contributed by atoms with Gasteiger partial charge in [0.1, 0.15) is 22.1 Å². The average molecular weight is 566 g/mol. The molecule has 0 bridgehead atoms. The largest absolute Gasteiger partial charge is 0.495 e. The number of benzene rings is 2. The van der Waals surface area contributed by atoms with E-state index >= 15 is 0 Å². The van der Waals surface area contributed by atoms with Crippen molar-refractivity contribution in [3.63, 3.8) is 0 Å². The molecule has 2 aliphatic rings. The van der Waals surface area contributed by atoms with Gasteiger partial charge >= 0.3 is 0 Å². The maximum absolute atomic E-state index is 13.9. The Balaban J connectivity index is 1.62. The molecule has 0 radical (unpaired) electrons. The molecule has 1 atom stereocenters. The summed E-state index contributed by atoms with van der Waals surface area (Å²) in [7, 11) is 0.913. The Morgan fingerprint density at radius 1 is 1.00 bits per heavy atom. The monoisotopic (exact) mass is 565 g/mol. The molecule has 0 unspecified atom stereocenters. The van der Waals surface area contributed by atoms with E-state index in [1.807, 2.05) is 42.3 Å². The number of nitrogens with zero attached hydrogens (tertiary/aromatic N) is 3. The molecule has 2 fully saturated rings. The second-order valence-electron chi connectivity index (χ2n) is 10.0. The first-order valence-corrected chi connectivity index (χ1v) is 14.6. The number of ether oxygens (including phenoxy) is 3. The predicted octanol–water partition coefficient (Wildman–Crippen LogP) is 3.37. The number of carbonyl (C=O) groups excluding carboxylic acids is 1. The van der Waals surface area contributed by atoms with E-state index in [4.69, 9.17) is 25.8 Å². The van der Waals surface area contributed by atoms with E-state index in [0.717, 1.165) is 13.1 Å². The molecule has 0 aromatic heterocycles. The smallest absolute Gasteiger partial charge is 0.246 e. The van der Waals surface area contributed by atoms with Gasteiger partial charge in [-0.15, -0.1) is 0 Å². The standard InChI is InChI=1S/C27H36ClN3O6S/c1-29-12-14-30(15-13-29)26(32)18-27(20-37-21-8-5-4-6-9-21)10-7-11-31(19-27)38(33,34)25-16-22(28)23(35-2)17-24(25)36-3/h4-6,8-9,16-17H,7,10-15,18-20H2,1-3H3/t27-/m0/s1. The summed E-state index contributed by atoms with van der Waals surface area (Å²) in [5, 5.41) is 0.174. The van der Waals surface area contributed by atoms with Crippen molar-refractivity contribution in [1.29, 1.82) is 0 Å². The van der Waals surface area contributed by atoms with Crippen LogP contribution in [0.1, 0.15) is 19.3 Å². The number of rotatable bonds is 9. The lowest BCUT2D eigenvalue weighted by molar-refractivity contribution is -0.136. The van der Waals surface area contributed by atoms with Gasteiger partial charge < -0.3 is 24.0 Å². The number of piperidine rings is 1. The molecule has 2 aromatic carbocycles. The Kier molecular flexibility index (Phi) is 9.07. The minimum absolute atomic E-state index is 0.0269. The number of para-hydroxylation sites is 1. The number of sulfonamides is 1. The van der Waals surface area contributed by atoms with Crippen LogP contribution in [0.25, 0.3) is 0 Å². The predicted molar refractivity (Wildman–Crippen MR) is 146 cm³/mol. The Labute approximate surface area is 230 Å². The van der Waals surface area contributed by atoms with E-state index in [9.17, 15) is 13.2 Å². The summed E-state index contributed by atoms with van der Waals surface area (Å²) < 4.78 is 46.0.